The van der Waals surface area contributed by atoms with Crippen LogP contribution in [0, 0.1) is 6.92 Å². The van der Waals surface area contributed by atoms with Crippen molar-refractivity contribution in [2.75, 3.05) is 26.2 Å². The lowest BCUT2D eigenvalue weighted by atomic mass is 9.97. The number of rotatable bonds is 8. The highest BCUT2D eigenvalue weighted by Gasteiger charge is 2.16. The van der Waals surface area contributed by atoms with Crippen molar-refractivity contribution in [1.82, 2.24) is 9.80 Å². The molecule has 0 fully saturated rings. The van der Waals surface area contributed by atoms with E-state index in [1.165, 1.54) is 16.7 Å². The van der Waals surface area contributed by atoms with E-state index in [0.717, 1.165) is 19.6 Å². The molecule has 0 atom stereocenters. The topological polar surface area (TPSA) is 23.6 Å². The predicted octanol–water partition coefficient (Wildman–Crippen LogP) is 4.23. The van der Waals surface area contributed by atoms with Gasteiger partial charge in [-0.1, -0.05) is 45.9 Å². The number of carbonyl (C=O) groups excluding carboxylic acids is 1. The fourth-order valence-electron chi connectivity index (χ4n) is 2.54. The molecule has 0 bridgehead atoms. The van der Waals surface area contributed by atoms with Crippen LogP contribution in [0.2, 0.25) is 0 Å². The summed E-state index contributed by atoms with van der Waals surface area (Å²) in [6.45, 7) is 16.6. The molecule has 1 rings (SSSR count). The molecule has 0 spiro atoms. The summed E-state index contributed by atoms with van der Waals surface area (Å²) in [4.78, 5) is 16.7. The Morgan fingerprint density at radius 3 is 2.17 bits per heavy atom. The van der Waals surface area contributed by atoms with Gasteiger partial charge in [0.05, 0.1) is 6.54 Å². The Bertz CT molecular complexity index is 484. The minimum absolute atomic E-state index is 0. The molecule has 0 heterocycles. The summed E-state index contributed by atoms with van der Waals surface area (Å²) in [7, 11) is 0. The summed E-state index contributed by atoms with van der Waals surface area (Å²) in [5.41, 5.74) is 3.87. The van der Waals surface area contributed by atoms with Crippen LogP contribution in [0.5, 0.6) is 0 Å². The van der Waals surface area contributed by atoms with Crippen molar-refractivity contribution in [1.29, 1.82) is 0 Å². The van der Waals surface area contributed by atoms with Gasteiger partial charge >= 0.3 is 0 Å². The Hall–Kier alpha value is -1.06. The van der Waals surface area contributed by atoms with Crippen LogP contribution in [-0.4, -0.2) is 41.9 Å². The maximum Gasteiger partial charge on any atom is 0.237 e. The third-order valence-electron chi connectivity index (χ3n) is 4.39. The van der Waals surface area contributed by atoms with Crippen molar-refractivity contribution < 1.29 is 4.79 Å². The highest BCUT2D eigenvalue weighted by Crippen LogP contribution is 2.20. The van der Waals surface area contributed by atoms with Crippen molar-refractivity contribution >= 4 is 18.3 Å². The largest absolute Gasteiger partial charge is 0.338 e. The lowest BCUT2D eigenvalue weighted by Gasteiger charge is -2.26. The monoisotopic (exact) mass is 340 g/mol. The number of halogens is 1. The van der Waals surface area contributed by atoms with Gasteiger partial charge in [0.15, 0.2) is 0 Å². The van der Waals surface area contributed by atoms with E-state index in [1.807, 2.05) is 4.90 Å². The van der Waals surface area contributed by atoms with Crippen LogP contribution in [0.25, 0.3) is 0 Å². The molecule has 0 radical (unpaired) electrons. The summed E-state index contributed by atoms with van der Waals surface area (Å²) in [5.74, 6) is 0.737. The Morgan fingerprint density at radius 1 is 1.09 bits per heavy atom. The van der Waals surface area contributed by atoms with Gasteiger partial charge in [-0.05, 0) is 49.5 Å². The Morgan fingerprint density at radius 2 is 1.70 bits per heavy atom. The maximum atomic E-state index is 12.5. The standard InChI is InChI=1S/C19H32N2O.ClH/c1-7-20(8-2)14-19(22)21(9-3)13-18-12-17(15(4)5)11-10-16(18)6;/h10-12,15H,7-9,13-14H2,1-6H3;1H. The number of benzene rings is 1. The van der Waals surface area contributed by atoms with Crippen LogP contribution in [0.3, 0.4) is 0 Å². The Labute approximate surface area is 148 Å². The van der Waals surface area contributed by atoms with Crippen molar-refractivity contribution in [2.24, 2.45) is 0 Å². The molecule has 0 aliphatic heterocycles. The summed E-state index contributed by atoms with van der Waals surface area (Å²) in [6, 6.07) is 6.62. The summed E-state index contributed by atoms with van der Waals surface area (Å²) < 4.78 is 0. The van der Waals surface area contributed by atoms with Crippen molar-refractivity contribution in [3.05, 3.63) is 34.9 Å². The molecule has 0 saturated heterocycles. The zero-order chi connectivity index (χ0) is 16.7. The van der Waals surface area contributed by atoms with E-state index in [2.05, 4.69) is 64.6 Å². The molecule has 1 amide bonds. The molecular weight excluding hydrogens is 308 g/mol. The molecule has 0 aliphatic rings. The van der Waals surface area contributed by atoms with Gasteiger partial charge in [-0.25, -0.2) is 0 Å². The number of amides is 1. The zero-order valence-corrected chi connectivity index (χ0v) is 16.4. The number of nitrogens with zero attached hydrogens (tertiary/aromatic N) is 2. The van der Waals surface area contributed by atoms with Crippen LogP contribution >= 0.6 is 12.4 Å². The van der Waals surface area contributed by atoms with Crippen LogP contribution in [0.4, 0.5) is 0 Å². The third-order valence-corrected chi connectivity index (χ3v) is 4.39. The predicted molar refractivity (Wildman–Crippen MR) is 101 cm³/mol. The summed E-state index contributed by atoms with van der Waals surface area (Å²) in [6.07, 6.45) is 0. The molecule has 0 aliphatic carbocycles. The van der Waals surface area contributed by atoms with Gasteiger partial charge in [-0.2, -0.15) is 0 Å². The van der Waals surface area contributed by atoms with Crippen LogP contribution < -0.4 is 0 Å². The van der Waals surface area contributed by atoms with Gasteiger partial charge in [-0.3, -0.25) is 9.69 Å². The van der Waals surface area contributed by atoms with Crippen molar-refractivity contribution in [2.45, 2.75) is 54.0 Å². The molecule has 132 valence electrons. The van der Waals surface area contributed by atoms with E-state index >= 15 is 0 Å². The van der Waals surface area contributed by atoms with Crippen LogP contribution in [0.15, 0.2) is 18.2 Å². The fraction of sp³-hybridized carbons (Fsp3) is 0.632. The van der Waals surface area contributed by atoms with Gasteiger partial charge in [0.25, 0.3) is 0 Å². The highest BCUT2D eigenvalue weighted by atomic mass is 35.5. The number of likely N-dealkylation sites (N-methyl/N-ethyl adjacent to an activating group) is 2. The van der Waals surface area contributed by atoms with E-state index in [4.69, 9.17) is 0 Å². The smallest absolute Gasteiger partial charge is 0.237 e. The quantitative estimate of drug-likeness (QED) is 0.707. The second-order valence-electron chi connectivity index (χ2n) is 6.21. The van der Waals surface area contributed by atoms with E-state index in [-0.39, 0.29) is 18.3 Å². The first-order valence-electron chi connectivity index (χ1n) is 8.52. The zero-order valence-electron chi connectivity index (χ0n) is 15.6. The van der Waals surface area contributed by atoms with Gasteiger partial charge in [0, 0.05) is 13.1 Å². The van der Waals surface area contributed by atoms with E-state index in [1.54, 1.807) is 0 Å². The van der Waals surface area contributed by atoms with Crippen molar-refractivity contribution in [3.63, 3.8) is 0 Å². The number of carbonyl (C=O) groups is 1. The molecule has 1 aromatic rings. The number of hydrogen-bond donors (Lipinski definition) is 0. The van der Waals surface area contributed by atoms with E-state index in [9.17, 15) is 4.79 Å². The molecule has 0 unspecified atom stereocenters. The Kier molecular flexibility index (Phi) is 10.2. The second-order valence-corrected chi connectivity index (χ2v) is 6.21. The first kappa shape index (κ1) is 21.9. The second kappa shape index (κ2) is 10.7. The molecular formula is C19H33ClN2O. The highest BCUT2D eigenvalue weighted by molar-refractivity contribution is 5.85. The first-order chi connectivity index (χ1) is 10.4. The van der Waals surface area contributed by atoms with Crippen LogP contribution in [-0.2, 0) is 11.3 Å². The number of aryl methyl sites for hydroxylation is 1. The molecule has 3 nitrogen and oxygen atoms in total. The van der Waals surface area contributed by atoms with Crippen LogP contribution in [0.1, 0.15) is 57.2 Å². The lowest BCUT2D eigenvalue weighted by Crippen LogP contribution is -2.40. The molecule has 0 saturated carbocycles. The van der Waals surface area contributed by atoms with E-state index in [0.29, 0.717) is 19.0 Å². The Balaban J connectivity index is 0.00000484. The van der Waals surface area contributed by atoms with Gasteiger partial charge < -0.3 is 4.90 Å². The number of hydrogen-bond acceptors (Lipinski definition) is 2. The molecule has 4 heteroatoms. The maximum absolute atomic E-state index is 12.5. The summed E-state index contributed by atoms with van der Waals surface area (Å²) in [5, 5.41) is 0. The minimum Gasteiger partial charge on any atom is -0.338 e. The molecule has 0 N–H and O–H groups in total. The molecule has 1 aromatic carbocycles. The van der Waals surface area contributed by atoms with Gasteiger partial charge in [-0.15, -0.1) is 12.4 Å². The average Bonchev–Trinajstić information content (AvgIpc) is 2.51. The molecule has 0 aromatic heterocycles. The van der Waals surface area contributed by atoms with E-state index < -0.39 is 0 Å². The van der Waals surface area contributed by atoms with Gasteiger partial charge in [0.2, 0.25) is 5.91 Å². The van der Waals surface area contributed by atoms with Crippen molar-refractivity contribution in [3.8, 4) is 0 Å². The minimum atomic E-state index is 0. The fourth-order valence-corrected chi connectivity index (χ4v) is 2.54. The van der Waals surface area contributed by atoms with Gasteiger partial charge in [0.1, 0.15) is 0 Å². The third kappa shape index (κ3) is 6.52. The lowest BCUT2D eigenvalue weighted by molar-refractivity contribution is -0.132. The molecule has 23 heavy (non-hydrogen) atoms. The average molecular weight is 341 g/mol. The normalized spacial score (nSPS) is 10.8. The summed E-state index contributed by atoms with van der Waals surface area (Å²) >= 11 is 0. The SMILES string of the molecule is CCN(CC)CC(=O)N(CC)Cc1cc(C(C)C)ccc1C.Cl. The first-order valence-corrected chi connectivity index (χ1v) is 8.52.